The number of rotatable bonds is 2. The van der Waals surface area contributed by atoms with Gasteiger partial charge < -0.3 is 0 Å². The first-order valence-corrected chi connectivity index (χ1v) is 2.17. The van der Waals surface area contributed by atoms with Crippen molar-refractivity contribution in [3.8, 4) is 0 Å². The van der Waals surface area contributed by atoms with Gasteiger partial charge in [-0.05, 0) is 0 Å². The van der Waals surface area contributed by atoms with Crippen LogP contribution in [0.15, 0.2) is 12.7 Å². The first-order valence-electron chi connectivity index (χ1n) is 2.17. The maximum absolute atomic E-state index is 9.76. The summed E-state index contributed by atoms with van der Waals surface area (Å²) < 4.78 is 4.51. The summed E-state index contributed by atoms with van der Waals surface area (Å²) in [5, 5.41) is 9.76. The topological polar surface area (TPSA) is 55.7 Å². The van der Waals surface area contributed by atoms with E-state index in [1.807, 2.05) is 0 Å². The number of hydrogen-bond donors (Lipinski definition) is 0. The molecule has 0 radical (unpaired) electrons. The third-order valence-electron chi connectivity index (χ3n) is 0.941. The molecule has 0 N–H and O–H groups in total. The van der Waals surface area contributed by atoms with Crippen LogP contribution in [0.2, 0.25) is 0 Å². The van der Waals surface area contributed by atoms with E-state index >= 15 is 0 Å². The predicted octanol–water partition coefficient (Wildman–Crippen LogP) is 0.174. The van der Waals surface area contributed by atoms with Gasteiger partial charge in [0.25, 0.3) is 0 Å². The zero-order valence-electron chi connectivity index (χ0n) is 4.11. The molecular weight excluding hydrogens is 110 g/mol. The summed E-state index contributed by atoms with van der Waals surface area (Å²) in [4.78, 5) is 9.30. The lowest BCUT2D eigenvalue weighted by Gasteiger charge is -1.76. The molecule has 1 rings (SSSR count). The lowest BCUT2D eigenvalue weighted by atomic mass is 10.4. The molecule has 0 saturated carbocycles. The summed E-state index contributed by atoms with van der Waals surface area (Å²) in [5.74, 6) is 0. The van der Waals surface area contributed by atoms with Gasteiger partial charge in [-0.3, -0.25) is 14.9 Å². The summed E-state index contributed by atoms with van der Waals surface area (Å²) >= 11 is 0. The lowest BCUT2D eigenvalue weighted by molar-refractivity contribution is -0.516. The second-order valence-electron chi connectivity index (χ2n) is 1.51. The molecule has 0 aliphatic carbocycles. The number of nitro groups is 1. The second-order valence-corrected chi connectivity index (χ2v) is 1.51. The van der Waals surface area contributed by atoms with Gasteiger partial charge in [0.15, 0.2) is 6.10 Å². The molecule has 1 fully saturated rings. The molecule has 0 bridgehead atoms. The molecule has 0 aromatic heterocycles. The van der Waals surface area contributed by atoms with Crippen molar-refractivity contribution in [2.45, 2.75) is 12.3 Å². The number of ether oxygens (including phenoxy) is 1. The average molecular weight is 115 g/mol. The van der Waals surface area contributed by atoms with Crippen molar-refractivity contribution < 1.29 is 9.66 Å². The van der Waals surface area contributed by atoms with Crippen LogP contribution in [0, 0.1) is 10.1 Å². The van der Waals surface area contributed by atoms with Crippen molar-refractivity contribution in [1.82, 2.24) is 0 Å². The van der Waals surface area contributed by atoms with Crippen LogP contribution >= 0.6 is 0 Å². The van der Waals surface area contributed by atoms with Gasteiger partial charge in [0.1, 0.15) is 0 Å². The summed E-state index contributed by atoms with van der Waals surface area (Å²) in [6, 6.07) is 0. The highest BCUT2D eigenvalue weighted by Gasteiger charge is 2.47. The summed E-state index contributed by atoms with van der Waals surface area (Å²) in [5.41, 5.74) is 0. The molecule has 0 aromatic rings. The molecule has 1 saturated heterocycles. The van der Waals surface area contributed by atoms with E-state index in [2.05, 4.69) is 11.3 Å². The van der Waals surface area contributed by atoms with Crippen LogP contribution < -0.4 is 0 Å². The van der Waals surface area contributed by atoms with Gasteiger partial charge >= 0.3 is 6.23 Å². The van der Waals surface area contributed by atoms with Gasteiger partial charge in [-0.2, -0.15) is 0 Å². The monoisotopic (exact) mass is 115 g/mol. The van der Waals surface area contributed by atoms with Crippen molar-refractivity contribution in [1.29, 1.82) is 0 Å². The maximum Gasteiger partial charge on any atom is 0.346 e. The Bertz CT molecular complexity index is 133. The van der Waals surface area contributed by atoms with E-state index in [9.17, 15) is 10.1 Å². The number of epoxide rings is 1. The third-order valence-corrected chi connectivity index (χ3v) is 0.941. The molecule has 1 heterocycles. The van der Waals surface area contributed by atoms with Crippen molar-refractivity contribution in [2.75, 3.05) is 0 Å². The van der Waals surface area contributed by atoms with Gasteiger partial charge in [0.2, 0.25) is 0 Å². The normalized spacial score (nSPS) is 34.0. The second kappa shape index (κ2) is 1.56. The highest BCUT2D eigenvalue weighted by atomic mass is 16.7. The average Bonchev–Trinajstić information content (AvgIpc) is 2.42. The molecule has 4 heteroatoms. The van der Waals surface area contributed by atoms with E-state index in [1.54, 1.807) is 0 Å². The fraction of sp³-hybridized carbons (Fsp3) is 0.500. The van der Waals surface area contributed by atoms with E-state index in [1.165, 1.54) is 6.08 Å². The van der Waals surface area contributed by atoms with Crippen LogP contribution in [-0.4, -0.2) is 17.3 Å². The Labute approximate surface area is 45.9 Å². The highest BCUT2D eigenvalue weighted by Crippen LogP contribution is 2.22. The van der Waals surface area contributed by atoms with Crippen LogP contribution in [0.25, 0.3) is 0 Å². The Morgan fingerprint density at radius 1 is 1.88 bits per heavy atom. The number of hydrogen-bond acceptors (Lipinski definition) is 3. The molecule has 2 atom stereocenters. The van der Waals surface area contributed by atoms with Crippen LogP contribution in [0.3, 0.4) is 0 Å². The number of nitrogens with zero attached hydrogens (tertiary/aromatic N) is 1. The van der Waals surface area contributed by atoms with Crippen molar-refractivity contribution in [2.24, 2.45) is 0 Å². The van der Waals surface area contributed by atoms with E-state index < -0.39 is 11.2 Å². The highest BCUT2D eigenvalue weighted by molar-refractivity contribution is 4.92. The first-order chi connectivity index (χ1) is 3.75. The minimum atomic E-state index is -0.813. The largest absolute Gasteiger partial charge is 0.346 e. The molecule has 4 nitrogen and oxygen atoms in total. The summed E-state index contributed by atoms with van der Waals surface area (Å²) in [6.45, 7) is 3.33. The minimum absolute atomic E-state index is 0.343. The zero-order chi connectivity index (χ0) is 6.15. The zero-order valence-corrected chi connectivity index (χ0v) is 4.11. The van der Waals surface area contributed by atoms with E-state index in [0.717, 1.165) is 0 Å². The Hall–Kier alpha value is -0.900. The fourth-order valence-electron chi connectivity index (χ4n) is 0.457. The van der Waals surface area contributed by atoms with Crippen molar-refractivity contribution in [3.05, 3.63) is 22.8 Å². The Kier molecular flexibility index (Phi) is 1.02. The predicted molar refractivity (Wildman–Crippen MR) is 25.9 cm³/mol. The van der Waals surface area contributed by atoms with Crippen molar-refractivity contribution in [3.63, 3.8) is 0 Å². The van der Waals surface area contributed by atoms with Crippen LogP contribution in [0.4, 0.5) is 0 Å². The Morgan fingerprint density at radius 3 is 2.62 bits per heavy atom. The van der Waals surface area contributed by atoms with Crippen LogP contribution in [0.5, 0.6) is 0 Å². The SMILES string of the molecule is C=CC1OC1[N+](=O)[O-]. The van der Waals surface area contributed by atoms with Gasteiger partial charge in [-0.25, -0.2) is 0 Å². The quantitative estimate of drug-likeness (QED) is 0.223. The molecule has 8 heavy (non-hydrogen) atoms. The smallest absolute Gasteiger partial charge is 0.297 e. The molecule has 0 spiro atoms. The van der Waals surface area contributed by atoms with E-state index in [4.69, 9.17) is 0 Å². The standard InChI is InChI=1S/C4H5NO3/c1-2-3-4(8-3)5(6)7/h2-4H,1H2. The maximum atomic E-state index is 9.76. The molecule has 1 aliphatic rings. The summed E-state index contributed by atoms with van der Waals surface area (Å²) in [7, 11) is 0. The van der Waals surface area contributed by atoms with E-state index in [0.29, 0.717) is 0 Å². The van der Waals surface area contributed by atoms with Gasteiger partial charge in [-0.1, -0.05) is 6.08 Å². The third kappa shape index (κ3) is 0.696. The van der Waals surface area contributed by atoms with Crippen LogP contribution in [-0.2, 0) is 4.74 Å². The van der Waals surface area contributed by atoms with Crippen LogP contribution in [0.1, 0.15) is 0 Å². The Balaban J connectivity index is 2.36. The molecule has 1 aliphatic heterocycles. The molecule has 0 aromatic carbocycles. The van der Waals surface area contributed by atoms with Gasteiger partial charge in [0, 0.05) is 0 Å². The summed E-state index contributed by atoms with van der Waals surface area (Å²) in [6.07, 6.45) is 0.269. The van der Waals surface area contributed by atoms with Crippen molar-refractivity contribution >= 4 is 0 Å². The van der Waals surface area contributed by atoms with Gasteiger partial charge in [0.05, 0.1) is 4.92 Å². The van der Waals surface area contributed by atoms with E-state index in [-0.39, 0.29) is 6.10 Å². The molecule has 44 valence electrons. The lowest BCUT2D eigenvalue weighted by Crippen LogP contribution is -2.04. The fourth-order valence-corrected chi connectivity index (χ4v) is 0.457. The molecule has 2 unspecified atom stereocenters. The minimum Gasteiger partial charge on any atom is -0.297 e. The Morgan fingerprint density at radius 2 is 2.50 bits per heavy atom. The molecular formula is C4H5NO3. The van der Waals surface area contributed by atoms with Gasteiger partial charge in [-0.15, -0.1) is 6.58 Å². The molecule has 0 amide bonds. The first kappa shape index (κ1) is 5.24.